The first-order valence-corrected chi connectivity index (χ1v) is 9.15. The first-order valence-electron chi connectivity index (χ1n) is 9.15. The van der Waals surface area contributed by atoms with Gasteiger partial charge in [0.2, 0.25) is 0 Å². The highest BCUT2D eigenvalue weighted by Crippen LogP contribution is 2.40. The molecule has 0 unspecified atom stereocenters. The molecule has 0 fully saturated rings. The summed E-state index contributed by atoms with van der Waals surface area (Å²) in [5.41, 5.74) is 3.23. The summed E-state index contributed by atoms with van der Waals surface area (Å²) in [6, 6.07) is 14.3. The van der Waals surface area contributed by atoms with Crippen molar-refractivity contribution in [3.63, 3.8) is 0 Å². The van der Waals surface area contributed by atoms with Gasteiger partial charge in [0.25, 0.3) is 0 Å². The van der Waals surface area contributed by atoms with Gasteiger partial charge in [-0.1, -0.05) is 43.7 Å². The Balaban J connectivity index is 2.32. The number of aryl methyl sites for hydroxylation is 1. The number of unbranched alkanes of at least 4 members (excludes halogenated alkanes) is 1. The van der Waals surface area contributed by atoms with Gasteiger partial charge in [-0.2, -0.15) is 0 Å². The molecule has 0 saturated heterocycles. The minimum absolute atomic E-state index is 0.181. The van der Waals surface area contributed by atoms with Crippen LogP contribution in [0.3, 0.4) is 0 Å². The molecule has 0 aliphatic carbocycles. The first-order chi connectivity index (χ1) is 12.7. The zero-order valence-electron chi connectivity index (χ0n) is 15.9. The molecule has 2 rings (SSSR count). The zero-order valence-corrected chi connectivity index (χ0v) is 15.9. The van der Waals surface area contributed by atoms with Crippen molar-refractivity contribution in [2.45, 2.75) is 39.0 Å². The number of benzene rings is 2. The Morgan fingerprint density at radius 2 is 1.81 bits per heavy atom. The average Bonchev–Trinajstić information content (AvgIpc) is 2.69. The fourth-order valence-electron chi connectivity index (χ4n) is 2.79. The van der Waals surface area contributed by atoms with E-state index in [1.165, 1.54) is 7.11 Å². The van der Waals surface area contributed by atoms with Crippen LogP contribution in [0.4, 0.5) is 0 Å². The Labute approximate surface area is 156 Å². The highest BCUT2D eigenvalue weighted by atomic mass is 16.5. The molecule has 140 valence electrons. The van der Waals surface area contributed by atoms with Crippen LogP contribution < -0.4 is 9.47 Å². The summed E-state index contributed by atoms with van der Waals surface area (Å²) in [5.74, 6) is 1.33. The van der Waals surface area contributed by atoms with E-state index in [2.05, 4.69) is 25.1 Å². The van der Waals surface area contributed by atoms with Crippen LogP contribution in [0.15, 0.2) is 42.5 Å². The van der Waals surface area contributed by atoms with Crippen LogP contribution in [0.25, 0.3) is 11.1 Å². The fourth-order valence-corrected chi connectivity index (χ4v) is 2.79. The normalized spacial score (nSPS) is 10.4. The molecule has 4 heteroatoms. The number of hydrogen-bond acceptors (Lipinski definition) is 4. The Morgan fingerprint density at radius 3 is 2.46 bits per heavy atom. The molecule has 2 aromatic rings. The smallest absolute Gasteiger partial charge is 0.305 e. The molecule has 2 aromatic carbocycles. The van der Waals surface area contributed by atoms with Crippen molar-refractivity contribution in [1.82, 2.24) is 0 Å². The van der Waals surface area contributed by atoms with Gasteiger partial charge >= 0.3 is 5.97 Å². The number of carbonyl (C=O) groups excluding carboxylic acids is 1. The van der Waals surface area contributed by atoms with Crippen molar-refractivity contribution in [3.8, 4) is 22.6 Å². The lowest BCUT2D eigenvalue weighted by Crippen LogP contribution is -2.03. The number of esters is 1. The standard InChI is InChI=1S/C22H28O4/c1-4-5-14-26-22-19(18-11-7-6-8-12-18)15-17(16-20(22)24-2)10-9-13-21(23)25-3/h6-8,11-12,15-16H,4-5,9-10,13-14H2,1-3H3. The van der Waals surface area contributed by atoms with Crippen molar-refractivity contribution in [2.24, 2.45) is 0 Å². The average molecular weight is 356 g/mol. The summed E-state index contributed by atoms with van der Waals surface area (Å²) < 4.78 is 16.4. The van der Waals surface area contributed by atoms with Gasteiger partial charge in [0.05, 0.1) is 20.8 Å². The lowest BCUT2D eigenvalue weighted by atomic mass is 9.98. The molecule has 0 saturated carbocycles. The lowest BCUT2D eigenvalue weighted by molar-refractivity contribution is -0.140. The predicted molar refractivity (Wildman–Crippen MR) is 104 cm³/mol. The molecule has 0 N–H and O–H groups in total. The van der Waals surface area contributed by atoms with Crippen molar-refractivity contribution < 1.29 is 19.0 Å². The molecule has 4 nitrogen and oxygen atoms in total. The van der Waals surface area contributed by atoms with E-state index in [4.69, 9.17) is 14.2 Å². The number of methoxy groups -OCH3 is 2. The second kappa shape index (κ2) is 10.5. The van der Waals surface area contributed by atoms with Crippen molar-refractivity contribution >= 4 is 5.97 Å². The van der Waals surface area contributed by atoms with Gasteiger partial charge in [-0.05, 0) is 42.5 Å². The van der Waals surface area contributed by atoms with Crippen LogP contribution in [-0.4, -0.2) is 26.8 Å². The number of ether oxygens (including phenoxy) is 3. The summed E-state index contributed by atoms with van der Waals surface area (Å²) >= 11 is 0. The maximum atomic E-state index is 11.3. The second-order valence-corrected chi connectivity index (χ2v) is 6.17. The largest absolute Gasteiger partial charge is 0.493 e. The van der Waals surface area contributed by atoms with Crippen LogP contribution in [0.1, 0.15) is 38.2 Å². The predicted octanol–water partition coefficient (Wildman–Crippen LogP) is 5.04. The van der Waals surface area contributed by atoms with Crippen molar-refractivity contribution in [2.75, 3.05) is 20.8 Å². The summed E-state index contributed by atoms with van der Waals surface area (Å²) in [4.78, 5) is 11.3. The van der Waals surface area contributed by atoms with Gasteiger partial charge in [-0.25, -0.2) is 0 Å². The van der Waals surface area contributed by atoms with Gasteiger partial charge in [0.15, 0.2) is 11.5 Å². The number of rotatable bonds is 10. The van der Waals surface area contributed by atoms with Crippen LogP contribution in [0.2, 0.25) is 0 Å². The van der Waals surface area contributed by atoms with Crippen molar-refractivity contribution in [1.29, 1.82) is 0 Å². The maximum Gasteiger partial charge on any atom is 0.305 e. The molecule has 0 aliphatic rings. The third-order valence-corrected chi connectivity index (χ3v) is 4.24. The Hall–Kier alpha value is -2.49. The van der Waals surface area contributed by atoms with E-state index in [-0.39, 0.29) is 5.97 Å². The molecular formula is C22H28O4. The summed E-state index contributed by atoms with van der Waals surface area (Å²) in [5, 5.41) is 0. The van der Waals surface area contributed by atoms with E-state index < -0.39 is 0 Å². The van der Waals surface area contributed by atoms with E-state index in [1.807, 2.05) is 24.3 Å². The Kier molecular flexibility index (Phi) is 8.00. The zero-order chi connectivity index (χ0) is 18.8. The summed E-state index contributed by atoms with van der Waals surface area (Å²) in [6.45, 7) is 2.80. The van der Waals surface area contributed by atoms with E-state index in [1.54, 1.807) is 7.11 Å². The maximum absolute atomic E-state index is 11.3. The monoisotopic (exact) mass is 356 g/mol. The quantitative estimate of drug-likeness (QED) is 0.442. The lowest BCUT2D eigenvalue weighted by Gasteiger charge is -2.17. The Bertz CT molecular complexity index is 695. The van der Waals surface area contributed by atoms with Crippen LogP contribution in [0.5, 0.6) is 11.5 Å². The highest BCUT2D eigenvalue weighted by molar-refractivity contribution is 5.75. The summed E-state index contributed by atoms with van der Waals surface area (Å²) in [6.07, 6.45) is 4.00. The SMILES string of the molecule is CCCCOc1c(OC)cc(CCCC(=O)OC)cc1-c1ccccc1. The minimum atomic E-state index is -0.181. The molecule has 0 bridgehead atoms. The van der Waals surface area contributed by atoms with Gasteiger partial charge in [-0.3, -0.25) is 4.79 Å². The van der Waals surface area contributed by atoms with Gasteiger partial charge in [0.1, 0.15) is 0 Å². The van der Waals surface area contributed by atoms with E-state index in [0.717, 1.165) is 53.9 Å². The summed E-state index contributed by atoms with van der Waals surface area (Å²) in [7, 11) is 3.08. The van der Waals surface area contributed by atoms with Gasteiger partial charge in [0, 0.05) is 12.0 Å². The molecule has 0 aromatic heterocycles. The van der Waals surface area contributed by atoms with Gasteiger partial charge < -0.3 is 14.2 Å². The molecule has 0 radical (unpaired) electrons. The molecule has 0 amide bonds. The number of carbonyl (C=O) groups is 1. The molecular weight excluding hydrogens is 328 g/mol. The van der Waals surface area contributed by atoms with Gasteiger partial charge in [-0.15, -0.1) is 0 Å². The van der Waals surface area contributed by atoms with Crippen LogP contribution >= 0.6 is 0 Å². The topological polar surface area (TPSA) is 44.8 Å². The molecule has 0 heterocycles. The highest BCUT2D eigenvalue weighted by Gasteiger charge is 2.15. The second-order valence-electron chi connectivity index (χ2n) is 6.17. The third kappa shape index (κ3) is 5.51. The third-order valence-electron chi connectivity index (χ3n) is 4.24. The molecule has 0 aliphatic heterocycles. The molecule has 0 spiro atoms. The van der Waals surface area contributed by atoms with E-state index in [9.17, 15) is 4.79 Å². The fraction of sp³-hybridized carbons (Fsp3) is 0.409. The van der Waals surface area contributed by atoms with Crippen molar-refractivity contribution in [3.05, 3.63) is 48.0 Å². The van der Waals surface area contributed by atoms with Crippen LogP contribution in [0, 0.1) is 0 Å². The van der Waals surface area contributed by atoms with E-state index in [0.29, 0.717) is 13.0 Å². The minimum Gasteiger partial charge on any atom is -0.493 e. The first kappa shape index (κ1) is 19.8. The van der Waals surface area contributed by atoms with E-state index >= 15 is 0 Å². The molecule has 0 atom stereocenters. The Morgan fingerprint density at radius 1 is 1.04 bits per heavy atom. The number of hydrogen-bond donors (Lipinski definition) is 0. The van der Waals surface area contributed by atoms with Crippen LogP contribution in [-0.2, 0) is 16.0 Å². The molecule has 26 heavy (non-hydrogen) atoms.